The number of nitrogens with one attached hydrogen (secondary N) is 1. The Labute approximate surface area is 202 Å². The molecular weight excluding hydrogens is 454 g/mol. The second kappa shape index (κ2) is 10.9. The van der Waals surface area contributed by atoms with E-state index in [9.17, 15) is 9.59 Å². The summed E-state index contributed by atoms with van der Waals surface area (Å²) in [5.41, 5.74) is 2.63. The molecule has 0 unspecified atom stereocenters. The molecule has 34 heavy (non-hydrogen) atoms. The van der Waals surface area contributed by atoms with Gasteiger partial charge in [0, 0.05) is 24.4 Å². The van der Waals surface area contributed by atoms with Crippen LogP contribution in [-0.2, 0) is 20.9 Å². The van der Waals surface area contributed by atoms with Gasteiger partial charge in [-0.3, -0.25) is 14.5 Å². The first-order valence-corrected chi connectivity index (χ1v) is 11.1. The number of nitrogens with zero attached hydrogens (tertiary/aromatic N) is 4. The molecule has 0 saturated heterocycles. The van der Waals surface area contributed by atoms with Crippen molar-refractivity contribution in [2.75, 3.05) is 25.2 Å². The van der Waals surface area contributed by atoms with Crippen molar-refractivity contribution in [3.05, 3.63) is 89.4 Å². The summed E-state index contributed by atoms with van der Waals surface area (Å²) in [6, 6.07) is 22.5. The number of carbonyl (C=O) groups is 2. The zero-order valence-electron chi connectivity index (χ0n) is 18.6. The molecule has 0 fully saturated rings. The Balaban J connectivity index is 1.75. The average Bonchev–Trinajstić information content (AvgIpc) is 3.26. The molecular formula is C25H24ClN5O3. The molecule has 4 aromatic rings. The van der Waals surface area contributed by atoms with Crippen LogP contribution in [0.2, 0.25) is 5.02 Å². The van der Waals surface area contributed by atoms with Gasteiger partial charge < -0.3 is 10.1 Å². The summed E-state index contributed by atoms with van der Waals surface area (Å²) in [6.45, 7) is 0.568. The number of methoxy groups -OCH3 is 1. The average molecular weight is 478 g/mol. The minimum atomic E-state index is -0.932. The van der Waals surface area contributed by atoms with Gasteiger partial charge in [-0.05, 0) is 42.0 Å². The molecule has 0 radical (unpaired) electrons. The Morgan fingerprint density at radius 1 is 1.03 bits per heavy atom. The van der Waals surface area contributed by atoms with Gasteiger partial charge in [-0.15, -0.1) is 5.10 Å². The summed E-state index contributed by atoms with van der Waals surface area (Å²) in [5, 5.41) is 11.7. The highest BCUT2D eigenvalue weighted by atomic mass is 35.5. The minimum absolute atomic E-state index is 0.0924. The second-order valence-corrected chi connectivity index (χ2v) is 8.01. The van der Waals surface area contributed by atoms with Gasteiger partial charge in [0.25, 0.3) is 0 Å². The predicted molar refractivity (Wildman–Crippen MR) is 131 cm³/mol. The number of halogens is 1. The highest BCUT2D eigenvalue weighted by Gasteiger charge is 2.33. The highest BCUT2D eigenvalue weighted by molar-refractivity contribution is 6.30. The summed E-state index contributed by atoms with van der Waals surface area (Å²) in [7, 11) is 1.56. The lowest BCUT2D eigenvalue weighted by Crippen LogP contribution is -2.46. The fourth-order valence-electron chi connectivity index (χ4n) is 3.70. The van der Waals surface area contributed by atoms with Crippen molar-refractivity contribution >= 4 is 40.1 Å². The van der Waals surface area contributed by atoms with Crippen molar-refractivity contribution in [3.63, 3.8) is 0 Å². The van der Waals surface area contributed by atoms with E-state index >= 15 is 0 Å². The van der Waals surface area contributed by atoms with Crippen molar-refractivity contribution in [1.29, 1.82) is 0 Å². The first-order chi connectivity index (χ1) is 16.6. The van der Waals surface area contributed by atoms with Gasteiger partial charge in [-0.25, -0.2) is 4.68 Å². The van der Waals surface area contributed by atoms with Crippen LogP contribution in [0.3, 0.4) is 0 Å². The van der Waals surface area contributed by atoms with Gasteiger partial charge in [-0.2, -0.15) is 0 Å². The molecule has 0 aliphatic carbocycles. The van der Waals surface area contributed by atoms with Crippen LogP contribution in [0.15, 0.2) is 78.9 Å². The molecule has 9 heteroatoms. The van der Waals surface area contributed by atoms with E-state index in [2.05, 4.69) is 15.6 Å². The molecule has 4 rings (SSSR count). The molecule has 0 aliphatic heterocycles. The number of carbonyl (C=O) groups excluding carboxylic acids is 2. The lowest BCUT2D eigenvalue weighted by atomic mass is 10.0. The Bertz CT molecular complexity index is 1260. The van der Waals surface area contributed by atoms with E-state index < -0.39 is 6.04 Å². The molecule has 0 bridgehead atoms. The molecule has 3 aromatic carbocycles. The summed E-state index contributed by atoms with van der Waals surface area (Å²) in [6.07, 6.45) is 0. The number of hydrogen-bond acceptors (Lipinski definition) is 5. The number of hydrogen-bond donors (Lipinski definition) is 1. The quantitative estimate of drug-likeness (QED) is 0.372. The van der Waals surface area contributed by atoms with Crippen LogP contribution >= 0.6 is 11.6 Å². The smallest absolute Gasteiger partial charge is 0.249 e. The molecule has 0 saturated carbocycles. The maximum atomic E-state index is 13.8. The van der Waals surface area contributed by atoms with Crippen molar-refractivity contribution in [3.8, 4) is 0 Å². The number of ether oxygens (including phenoxy) is 1. The van der Waals surface area contributed by atoms with Crippen LogP contribution in [0.25, 0.3) is 11.0 Å². The molecule has 0 aliphatic rings. The van der Waals surface area contributed by atoms with Crippen molar-refractivity contribution in [2.45, 2.75) is 12.6 Å². The zero-order valence-corrected chi connectivity index (χ0v) is 19.4. The van der Waals surface area contributed by atoms with Crippen LogP contribution in [0.4, 0.5) is 5.69 Å². The monoisotopic (exact) mass is 477 g/mol. The number of aromatic nitrogens is 3. The molecule has 0 spiro atoms. The largest absolute Gasteiger partial charge is 0.383 e. The van der Waals surface area contributed by atoms with Crippen LogP contribution in [0.1, 0.15) is 11.6 Å². The van der Waals surface area contributed by atoms with Crippen LogP contribution in [-0.4, -0.2) is 47.1 Å². The molecule has 8 nitrogen and oxygen atoms in total. The van der Waals surface area contributed by atoms with Crippen LogP contribution in [0.5, 0.6) is 0 Å². The van der Waals surface area contributed by atoms with E-state index in [0.29, 0.717) is 34.9 Å². The number of fused-ring (bicyclic) bond motifs is 1. The first kappa shape index (κ1) is 23.4. The number of benzene rings is 3. The zero-order chi connectivity index (χ0) is 23.9. The van der Waals surface area contributed by atoms with E-state index in [-0.39, 0.29) is 18.4 Å². The number of amides is 2. The Kier molecular flexibility index (Phi) is 7.51. The minimum Gasteiger partial charge on any atom is -0.383 e. The van der Waals surface area contributed by atoms with Gasteiger partial charge in [0.05, 0.1) is 12.1 Å². The van der Waals surface area contributed by atoms with Gasteiger partial charge in [0.1, 0.15) is 18.1 Å². The SMILES string of the molecule is COCCNC(=O)[C@H](c1ccc(Cl)cc1)N(C(=O)Cn1nnc2ccccc21)c1ccccc1. The molecule has 174 valence electrons. The molecule has 2 amide bonds. The van der Waals surface area contributed by atoms with Crippen molar-refractivity contribution in [2.24, 2.45) is 0 Å². The van der Waals surface area contributed by atoms with E-state index in [1.807, 2.05) is 42.5 Å². The molecule has 1 atom stereocenters. The van der Waals surface area contributed by atoms with E-state index in [1.165, 1.54) is 9.58 Å². The summed E-state index contributed by atoms with van der Waals surface area (Å²) in [5.74, 6) is -0.649. The third-order valence-electron chi connectivity index (χ3n) is 5.31. The van der Waals surface area contributed by atoms with Crippen LogP contribution < -0.4 is 10.2 Å². The van der Waals surface area contributed by atoms with Gasteiger partial charge in [0.15, 0.2) is 0 Å². The van der Waals surface area contributed by atoms with E-state index in [0.717, 1.165) is 5.52 Å². The number of rotatable bonds is 9. The topological polar surface area (TPSA) is 89.4 Å². The van der Waals surface area contributed by atoms with Gasteiger partial charge in [-0.1, -0.05) is 59.3 Å². The van der Waals surface area contributed by atoms with Gasteiger partial charge >= 0.3 is 0 Å². The molecule has 1 heterocycles. The standard InChI is InChI=1S/C25H24ClN5O3/c1-34-16-15-27-25(33)24(18-11-13-19(26)14-12-18)31(20-7-3-2-4-8-20)23(32)17-30-22-10-6-5-9-21(22)28-29-30/h2-14,24H,15-17H2,1H3,(H,27,33)/t24-/m0/s1. The Hall–Kier alpha value is -3.75. The summed E-state index contributed by atoms with van der Waals surface area (Å²) in [4.78, 5) is 28.7. The van der Waals surface area contributed by atoms with Crippen molar-refractivity contribution in [1.82, 2.24) is 20.3 Å². The Morgan fingerprint density at radius 2 is 1.74 bits per heavy atom. The Morgan fingerprint density at radius 3 is 2.47 bits per heavy atom. The molecule has 1 N–H and O–H groups in total. The predicted octanol–water partition coefficient (Wildman–Crippen LogP) is 3.62. The summed E-state index contributed by atoms with van der Waals surface area (Å²) >= 11 is 6.09. The normalized spacial score (nSPS) is 11.8. The van der Waals surface area contributed by atoms with E-state index in [1.54, 1.807) is 43.5 Å². The maximum absolute atomic E-state index is 13.8. The lowest BCUT2D eigenvalue weighted by molar-refractivity contribution is -0.127. The fourth-order valence-corrected chi connectivity index (χ4v) is 3.83. The third kappa shape index (κ3) is 5.24. The van der Waals surface area contributed by atoms with Crippen LogP contribution in [0, 0.1) is 0 Å². The van der Waals surface area contributed by atoms with Gasteiger partial charge in [0.2, 0.25) is 11.8 Å². The maximum Gasteiger partial charge on any atom is 0.249 e. The lowest BCUT2D eigenvalue weighted by Gasteiger charge is -2.31. The number of para-hydroxylation sites is 2. The first-order valence-electron chi connectivity index (χ1n) is 10.8. The fraction of sp³-hybridized carbons (Fsp3) is 0.200. The molecule has 1 aromatic heterocycles. The van der Waals surface area contributed by atoms with E-state index in [4.69, 9.17) is 16.3 Å². The van der Waals surface area contributed by atoms with Crippen molar-refractivity contribution < 1.29 is 14.3 Å². The highest BCUT2D eigenvalue weighted by Crippen LogP contribution is 2.29. The third-order valence-corrected chi connectivity index (χ3v) is 5.56. The number of anilines is 1. The summed E-state index contributed by atoms with van der Waals surface area (Å²) < 4.78 is 6.60. The second-order valence-electron chi connectivity index (χ2n) is 7.57.